The van der Waals surface area contributed by atoms with Crippen molar-refractivity contribution in [1.29, 1.82) is 0 Å². The van der Waals surface area contributed by atoms with Gasteiger partial charge in [0.15, 0.2) is 0 Å². The first-order valence-electron chi connectivity index (χ1n) is 9.21. The summed E-state index contributed by atoms with van der Waals surface area (Å²) in [6, 6.07) is 10.5. The van der Waals surface area contributed by atoms with Crippen molar-refractivity contribution in [3.8, 4) is 0 Å². The monoisotopic (exact) mass is 344 g/mol. The lowest BCUT2D eigenvalue weighted by Crippen LogP contribution is -2.51. The molecule has 1 aromatic carbocycles. The number of carbonyl (C=O) groups is 2. The highest BCUT2D eigenvalue weighted by Crippen LogP contribution is 2.21. The van der Waals surface area contributed by atoms with Gasteiger partial charge in [-0.15, -0.1) is 0 Å². The first kappa shape index (κ1) is 17.9. The molecule has 0 aromatic heterocycles. The number of benzene rings is 1. The van der Waals surface area contributed by atoms with Crippen LogP contribution in [-0.2, 0) is 16.1 Å². The number of rotatable bonds is 6. The Bertz CT molecular complexity index is 584. The van der Waals surface area contributed by atoms with Crippen molar-refractivity contribution < 1.29 is 9.59 Å². The Morgan fingerprint density at radius 1 is 1.08 bits per heavy atom. The van der Waals surface area contributed by atoms with Crippen molar-refractivity contribution >= 4 is 11.8 Å². The van der Waals surface area contributed by atoms with E-state index in [1.807, 2.05) is 18.2 Å². The number of nitrogens with one attached hydrogen (secondary N) is 1. The minimum Gasteiger partial charge on any atom is -0.369 e. The summed E-state index contributed by atoms with van der Waals surface area (Å²) >= 11 is 0. The van der Waals surface area contributed by atoms with Gasteiger partial charge in [0.2, 0.25) is 11.8 Å². The number of likely N-dealkylation sites (tertiary alicyclic amines) is 2. The molecule has 1 unspecified atom stereocenters. The normalized spacial score (nSPS) is 22.8. The molecule has 2 heterocycles. The van der Waals surface area contributed by atoms with Gasteiger partial charge in [-0.1, -0.05) is 30.3 Å². The number of nitrogens with zero attached hydrogens (tertiary/aromatic N) is 2. The Kier molecular flexibility index (Phi) is 6.04. The van der Waals surface area contributed by atoms with E-state index in [4.69, 9.17) is 5.73 Å². The molecule has 2 fully saturated rings. The average molecular weight is 344 g/mol. The topological polar surface area (TPSA) is 78.7 Å². The van der Waals surface area contributed by atoms with Gasteiger partial charge in [0.25, 0.3) is 0 Å². The molecule has 2 amide bonds. The summed E-state index contributed by atoms with van der Waals surface area (Å²) in [4.78, 5) is 28.1. The largest absolute Gasteiger partial charge is 0.369 e. The lowest BCUT2D eigenvalue weighted by atomic mass is 10.0. The number of hydrogen-bond donors (Lipinski definition) is 2. The predicted octanol–water partition coefficient (Wildman–Crippen LogP) is 0.717. The van der Waals surface area contributed by atoms with Crippen molar-refractivity contribution in [3.05, 3.63) is 35.9 Å². The number of carbonyl (C=O) groups excluding carboxylic acids is 2. The highest BCUT2D eigenvalue weighted by molar-refractivity contribution is 5.82. The molecule has 2 aliphatic heterocycles. The molecule has 2 aliphatic rings. The number of nitrogens with two attached hydrogens (primary N) is 1. The maximum Gasteiger partial charge on any atom is 0.237 e. The Hall–Kier alpha value is -1.92. The summed E-state index contributed by atoms with van der Waals surface area (Å²) in [5.74, 6) is -0.133. The highest BCUT2D eigenvalue weighted by Gasteiger charge is 2.32. The van der Waals surface area contributed by atoms with Crippen molar-refractivity contribution in [1.82, 2.24) is 15.1 Å². The Morgan fingerprint density at radius 2 is 1.80 bits per heavy atom. The van der Waals surface area contributed by atoms with E-state index >= 15 is 0 Å². The summed E-state index contributed by atoms with van der Waals surface area (Å²) < 4.78 is 0. The summed E-state index contributed by atoms with van der Waals surface area (Å²) in [5.41, 5.74) is 6.50. The first-order chi connectivity index (χ1) is 12.1. The molecule has 0 spiro atoms. The van der Waals surface area contributed by atoms with Gasteiger partial charge in [-0.3, -0.25) is 19.4 Å². The zero-order valence-corrected chi connectivity index (χ0v) is 14.7. The van der Waals surface area contributed by atoms with Crippen LogP contribution in [0.5, 0.6) is 0 Å². The van der Waals surface area contributed by atoms with Crippen LogP contribution in [0.1, 0.15) is 31.2 Å². The molecule has 0 radical (unpaired) electrons. The number of hydrogen-bond acceptors (Lipinski definition) is 4. The molecule has 0 aliphatic carbocycles. The van der Waals surface area contributed by atoms with Gasteiger partial charge in [0, 0.05) is 25.7 Å². The van der Waals surface area contributed by atoms with Crippen LogP contribution in [0.2, 0.25) is 0 Å². The molecule has 0 saturated carbocycles. The molecule has 1 aromatic rings. The molecule has 6 heteroatoms. The van der Waals surface area contributed by atoms with Gasteiger partial charge >= 0.3 is 0 Å². The van der Waals surface area contributed by atoms with Crippen molar-refractivity contribution in [2.45, 2.75) is 44.3 Å². The van der Waals surface area contributed by atoms with E-state index in [9.17, 15) is 9.59 Å². The van der Waals surface area contributed by atoms with Crippen LogP contribution in [0.15, 0.2) is 30.3 Å². The Morgan fingerprint density at radius 3 is 2.48 bits per heavy atom. The van der Waals surface area contributed by atoms with E-state index in [-0.39, 0.29) is 23.9 Å². The standard InChI is InChI=1S/C19H28N4O2/c20-18(24)14-22-11-8-16(9-12-22)21-19(25)17-7-4-10-23(17)13-15-5-2-1-3-6-15/h1-3,5-6,16-17H,4,7-14H2,(H2,20,24)(H,21,25). The number of amides is 2. The molecule has 2 saturated heterocycles. The molecular formula is C19H28N4O2. The Labute approximate surface area is 149 Å². The first-order valence-corrected chi connectivity index (χ1v) is 9.21. The number of primary amides is 1. The molecule has 1 atom stereocenters. The summed E-state index contributed by atoms with van der Waals surface area (Å²) in [6.45, 7) is 3.74. The lowest BCUT2D eigenvalue weighted by molar-refractivity contribution is -0.127. The van der Waals surface area contributed by atoms with E-state index in [0.717, 1.165) is 51.9 Å². The molecule has 0 bridgehead atoms. The van der Waals surface area contributed by atoms with Crippen molar-refractivity contribution in [3.63, 3.8) is 0 Å². The average Bonchev–Trinajstić information content (AvgIpc) is 3.05. The van der Waals surface area contributed by atoms with Crippen molar-refractivity contribution in [2.75, 3.05) is 26.2 Å². The Balaban J connectivity index is 1.48. The van der Waals surface area contributed by atoms with E-state index in [0.29, 0.717) is 6.54 Å². The zero-order valence-electron chi connectivity index (χ0n) is 14.7. The van der Waals surface area contributed by atoms with E-state index < -0.39 is 0 Å². The number of piperidine rings is 1. The summed E-state index contributed by atoms with van der Waals surface area (Å²) in [7, 11) is 0. The third kappa shape index (κ3) is 5.03. The van der Waals surface area contributed by atoms with Crippen LogP contribution in [0.3, 0.4) is 0 Å². The molecule has 3 rings (SSSR count). The minimum atomic E-state index is -0.287. The maximum atomic E-state index is 12.7. The minimum absolute atomic E-state index is 0.0242. The highest BCUT2D eigenvalue weighted by atomic mass is 16.2. The molecule has 6 nitrogen and oxygen atoms in total. The van der Waals surface area contributed by atoms with Gasteiger partial charge < -0.3 is 11.1 Å². The summed E-state index contributed by atoms with van der Waals surface area (Å²) in [5, 5.41) is 3.23. The van der Waals surface area contributed by atoms with Gasteiger partial charge in [0.05, 0.1) is 12.6 Å². The second-order valence-corrected chi connectivity index (χ2v) is 7.14. The van der Waals surface area contributed by atoms with Crippen LogP contribution in [0.4, 0.5) is 0 Å². The van der Waals surface area contributed by atoms with E-state index in [1.165, 1.54) is 5.56 Å². The maximum absolute atomic E-state index is 12.7. The van der Waals surface area contributed by atoms with Crippen molar-refractivity contribution in [2.24, 2.45) is 5.73 Å². The fourth-order valence-electron chi connectivity index (χ4n) is 3.88. The predicted molar refractivity (Wildman–Crippen MR) is 96.7 cm³/mol. The van der Waals surface area contributed by atoms with E-state index in [1.54, 1.807) is 0 Å². The SMILES string of the molecule is NC(=O)CN1CCC(NC(=O)C2CCCN2Cc2ccccc2)CC1. The second kappa shape index (κ2) is 8.45. The van der Waals surface area contributed by atoms with Gasteiger partial charge in [-0.25, -0.2) is 0 Å². The third-order valence-corrected chi connectivity index (χ3v) is 5.21. The van der Waals surface area contributed by atoms with Crippen LogP contribution in [0.25, 0.3) is 0 Å². The molecular weight excluding hydrogens is 316 g/mol. The smallest absolute Gasteiger partial charge is 0.237 e. The fraction of sp³-hybridized carbons (Fsp3) is 0.579. The second-order valence-electron chi connectivity index (χ2n) is 7.14. The zero-order chi connectivity index (χ0) is 17.6. The quantitative estimate of drug-likeness (QED) is 0.797. The van der Waals surface area contributed by atoms with Crippen LogP contribution >= 0.6 is 0 Å². The molecule has 136 valence electrons. The molecule has 25 heavy (non-hydrogen) atoms. The van der Waals surface area contributed by atoms with Crippen LogP contribution in [-0.4, -0.2) is 59.9 Å². The van der Waals surface area contributed by atoms with Gasteiger partial charge in [0.1, 0.15) is 0 Å². The van der Waals surface area contributed by atoms with E-state index in [2.05, 4.69) is 27.2 Å². The van der Waals surface area contributed by atoms with Crippen LogP contribution < -0.4 is 11.1 Å². The summed E-state index contributed by atoms with van der Waals surface area (Å²) in [6.07, 6.45) is 3.76. The third-order valence-electron chi connectivity index (χ3n) is 5.21. The van der Waals surface area contributed by atoms with Gasteiger partial charge in [-0.2, -0.15) is 0 Å². The van der Waals surface area contributed by atoms with Gasteiger partial charge in [-0.05, 0) is 37.8 Å². The molecule has 3 N–H and O–H groups in total. The fourth-order valence-corrected chi connectivity index (χ4v) is 3.88. The van der Waals surface area contributed by atoms with Crippen LogP contribution in [0, 0.1) is 0 Å². The lowest BCUT2D eigenvalue weighted by Gasteiger charge is -2.33.